The van der Waals surface area contributed by atoms with Crippen LogP contribution in [-0.4, -0.2) is 57.1 Å². The van der Waals surface area contributed by atoms with E-state index in [1.807, 2.05) is 25.3 Å². The number of aliphatic hydroxyl groups is 2. The van der Waals surface area contributed by atoms with Gasteiger partial charge in [0, 0.05) is 31.5 Å². The van der Waals surface area contributed by atoms with Crippen molar-refractivity contribution in [1.82, 2.24) is 14.7 Å². The van der Waals surface area contributed by atoms with Crippen LogP contribution in [0.15, 0.2) is 36.7 Å². The van der Waals surface area contributed by atoms with Crippen molar-refractivity contribution in [2.45, 2.75) is 13.3 Å². The lowest BCUT2D eigenvalue weighted by molar-refractivity contribution is 0.0710. The van der Waals surface area contributed by atoms with Gasteiger partial charge in [-0.3, -0.25) is 4.79 Å². The molecule has 2 rings (SSSR count). The second-order valence-electron chi connectivity index (χ2n) is 5.10. The minimum Gasteiger partial charge on any atom is -0.396 e. The molecule has 1 aromatic carbocycles. The number of nitrogens with zero attached hydrogens (tertiary/aromatic N) is 3. The predicted molar refractivity (Wildman–Crippen MR) is 83.0 cm³/mol. The third kappa shape index (κ3) is 3.93. The maximum absolute atomic E-state index is 12.4. The fourth-order valence-corrected chi connectivity index (χ4v) is 2.19. The highest BCUT2D eigenvalue weighted by molar-refractivity contribution is 5.94. The molecule has 0 bridgehead atoms. The molecule has 6 heteroatoms. The van der Waals surface area contributed by atoms with Gasteiger partial charge >= 0.3 is 0 Å². The van der Waals surface area contributed by atoms with Gasteiger partial charge in [0.25, 0.3) is 5.91 Å². The van der Waals surface area contributed by atoms with Crippen LogP contribution >= 0.6 is 0 Å². The van der Waals surface area contributed by atoms with Crippen LogP contribution in [-0.2, 0) is 0 Å². The molecule has 6 nitrogen and oxygen atoms in total. The number of aliphatic hydroxyl groups excluding tert-OH is 2. The van der Waals surface area contributed by atoms with Crippen molar-refractivity contribution in [1.29, 1.82) is 0 Å². The molecular formula is C16H21N3O3. The van der Waals surface area contributed by atoms with E-state index in [0.29, 0.717) is 18.5 Å². The molecule has 2 N–H and O–H groups in total. The summed E-state index contributed by atoms with van der Waals surface area (Å²) in [5.41, 5.74) is 2.51. The summed E-state index contributed by atoms with van der Waals surface area (Å²) < 4.78 is 1.75. The largest absolute Gasteiger partial charge is 0.396 e. The smallest absolute Gasteiger partial charge is 0.253 e. The van der Waals surface area contributed by atoms with Gasteiger partial charge < -0.3 is 15.1 Å². The lowest BCUT2D eigenvalue weighted by Gasteiger charge is -2.21. The van der Waals surface area contributed by atoms with Crippen molar-refractivity contribution >= 4 is 5.91 Å². The van der Waals surface area contributed by atoms with E-state index < -0.39 is 0 Å². The fourth-order valence-electron chi connectivity index (χ4n) is 2.19. The number of aromatic nitrogens is 2. The molecule has 1 aromatic heterocycles. The number of hydrogen-bond donors (Lipinski definition) is 2. The Morgan fingerprint density at radius 3 is 2.45 bits per heavy atom. The predicted octanol–water partition coefficient (Wildman–Crippen LogP) is 0.998. The molecule has 0 saturated heterocycles. The Morgan fingerprint density at radius 1 is 1.18 bits per heavy atom. The Bertz CT molecular complexity index is 607. The SMILES string of the molecule is Cc1cnn(-c2ccc(C(=O)N(CCO)CCCO)cc2)c1. The molecular weight excluding hydrogens is 282 g/mol. The number of aryl methyl sites for hydroxylation is 1. The van der Waals surface area contributed by atoms with E-state index in [2.05, 4.69) is 5.10 Å². The fraction of sp³-hybridized carbons (Fsp3) is 0.375. The highest BCUT2D eigenvalue weighted by Gasteiger charge is 2.15. The summed E-state index contributed by atoms with van der Waals surface area (Å²) >= 11 is 0. The van der Waals surface area contributed by atoms with E-state index in [1.165, 1.54) is 0 Å². The summed E-state index contributed by atoms with van der Waals surface area (Å²) in [4.78, 5) is 13.9. The molecule has 0 aliphatic carbocycles. The van der Waals surface area contributed by atoms with Crippen LogP contribution in [0.2, 0.25) is 0 Å². The number of carbonyl (C=O) groups excluding carboxylic acids is 1. The van der Waals surface area contributed by atoms with Gasteiger partial charge in [0.2, 0.25) is 0 Å². The second kappa shape index (κ2) is 7.72. The van der Waals surface area contributed by atoms with Crippen molar-refractivity contribution in [3.05, 3.63) is 47.8 Å². The number of carbonyl (C=O) groups is 1. The Labute approximate surface area is 129 Å². The van der Waals surface area contributed by atoms with Crippen LogP contribution in [0.4, 0.5) is 0 Å². The molecule has 118 valence electrons. The van der Waals surface area contributed by atoms with Crippen LogP contribution in [0.25, 0.3) is 5.69 Å². The Hall–Kier alpha value is -2.18. The highest BCUT2D eigenvalue weighted by atomic mass is 16.3. The summed E-state index contributed by atoms with van der Waals surface area (Å²) in [6, 6.07) is 7.17. The van der Waals surface area contributed by atoms with Gasteiger partial charge in [-0.05, 0) is 43.2 Å². The summed E-state index contributed by atoms with van der Waals surface area (Å²) in [5, 5.41) is 22.2. The Morgan fingerprint density at radius 2 is 1.91 bits per heavy atom. The summed E-state index contributed by atoms with van der Waals surface area (Å²) in [7, 11) is 0. The Kier molecular flexibility index (Phi) is 5.68. The van der Waals surface area contributed by atoms with Crippen LogP contribution in [0.3, 0.4) is 0 Å². The van der Waals surface area contributed by atoms with Gasteiger partial charge in [0.1, 0.15) is 0 Å². The molecule has 0 unspecified atom stereocenters. The Balaban J connectivity index is 2.12. The van der Waals surface area contributed by atoms with E-state index >= 15 is 0 Å². The van der Waals surface area contributed by atoms with Crippen molar-refractivity contribution < 1.29 is 15.0 Å². The van der Waals surface area contributed by atoms with E-state index in [-0.39, 0.29) is 25.7 Å². The van der Waals surface area contributed by atoms with Gasteiger partial charge in [-0.2, -0.15) is 5.10 Å². The van der Waals surface area contributed by atoms with Crippen LogP contribution in [0.5, 0.6) is 0 Å². The van der Waals surface area contributed by atoms with E-state index in [0.717, 1.165) is 11.3 Å². The topological polar surface area (TPSA) is 78.6 Å². The third-order valence-corrected chi connectivity index (χ3v) is 3.33. The number of amides is 1. The van der Waals surface area contributed by atoms with Gasteiger partial charge in [-0.1, -0.05) is 0 Å². The molecule has 0 atom stereocenters. The number of benzene rings is 1. The zero-order valence-corrected chi connectivity index (χ0v) is 12.6. The average Bonchev–Trinajstić information content (AvgIpc) is 2.97. The van der Waals surface area contributed by atoms with Gasteiger partial charge in [0.05, 0.1) is 18.5 Å². The summed E-state index contributed by atoms with van der Waals surface area (Å²) in [6.07, 6.45) is 4.18. The first-order valence-corrected chi connectivity index (χ1v) is 7.28. The minimum atomic E-state index is -0.148. The number of hydrogen-bond acceptors (Lipinski definition) is 4. The zero-order chi connectivity index (χ0) is 15.9. The van der Waals surface area contributed by atoms with E-state index in [4.69, 9.17) is 10.2 Å². The van der Waals surface area contributed by atoms with Crippen molar-refractivity contribution in [3.63, 3.8) is 0 Å². The molecule has 0 aliphatic heterocycles. The van der Waals surface area contributed by atoms with E-state index in [9.17, 15) is 4.79 Å². The number of rotatable bonds is 7. The normalized spacial score (nSPS) is 10.7. The molecule has 1 heterocycles. The molecule has 1 amide bonds. The molecule has 0 fully saturated rings. The molecule has 0 aliphatic rings. The first-order chi connectivity index (χ1) is 10.7. The lowest BCUT2D eigenvalue weighted by atomic mass is 10.1. The van der Waals surface area contributed by atoms with Crippen LogP contribution in [0, 0.1) is 6.92 Å². The van der Waals surface area contributed by atoms with Gasteiger partial charge in [-0.15, -0.1) is 0 Å². The highest BCUT2D eigenvalue weighted by Crippen LogP contribution is 2.12. The first kappa shape index (κ1) is 16.2. The van der Waals surface area contributed by atoms with Crippen LogP contribution in [0.1, 0.15) is 22.3 Å². The second-order valence-corrected chi connectivity index (χ2v) is 5.10. The van der Waals surface area contributed by atoms with Gasteiger partial charge in [0.15, 0.2) is 0 Å². The monoisotopic (exact) mass is 303 g/mol. The van der Waals surface area contributed by atoms with Crippen molar-refractivity contribution in [3.8, 4) is 5.69 Å². The third-order valence-electron chi connectivity index (χ3n) is 3.33. The molecule has 0 saturated carbocycles. The van der Waals surface area contributed by atoms with Crippen molar-refractivity contribution in [2.75, 3.05) is 26.3 Å². The standard InChI is InChI=1S/C16H21N3O3/c1-13-11-17-19(12-13)15-5-3-14(4-6-15)16(22)18(8-10-21)7-2-9-20/h3-6,11-12,20-21H,2,7-10H2,1H3. The summed E-state index contributed by atoms with van der Waals surface area (Å²) in [5.74, 6) is -0.148. The molecule has 22 heavy (non-hydrogen) atoms. The van der Waals surface area contributed by atoms with E-state index in [1.54, 1.807) is 27.9 Å². The minimum absolute atomic E-state index is 0.0206. The van der Waals surface area contributed by atoms with Crippen LogP contribution < -0.4 is 0 Å². The first-order valence-electron chi connectivity index (χ1n) is 7.28. The average molecular weight is 303 g/mol. The quantitative estimate of drug-likeness (QED) is 0.800. The lowest BCUT2D eigenvalue weighted by Crippen LogP contribution is -2.34. The molecule has 0 spiro atoms. The maximum atomic E-state index is 12.4. The maximum Gasteiger partial charge on any atom is 0.253 e. The summed E-state index contributed by atoms with van der Waals surface area (Å²) in [6.45, 7) is 2.58. The molecule has 2 aromatic rings. The zero-order valence-electron chi connectivity index (χ0n) is 12.6. The molecule has 0 radical (unpaired) electrons. The van der Waals surface area contributed by atoms with Crippen molar-refractivity contribution in [2.24, 2.45) is 0 Å². The van der Waals surface area contributed by atoms with Gasteiger partial charge in [-0.25, -0.2) is 4.68 Å².